The second-order valence-electron chi connectivity index (χ2n) is 7.39. The Kier molecular flexibility index (Phi) is 7.37. The van der Waals surface area contributed by atoms with E-state index in [1.165, 1.54) is 0 Å². The van der Waals surface area contributed by atoms with Crippen LogP contribution in [-0.4, -0.2) is 34.1 Å². The van der Waals surface area contributed by atoms with E-state index in [0.29, 0.717) is 42.0 Å². The van der Waals surface area contributed by atoms with Crippen LogP contribution in [0.1, 0.15) is 77.4 Å². The molecule has 28 heavy (non-hydrogen) atoms. The van der Waals surface area contributed by atoms with Gasteiger partial charge in [-0.3, -0.25) is 0 Å². The predicted molar refractivity (Wildman–Crippen MR) is 109 cm³/mol. The normalized spacial score (nSPS) is 11.5. The minimum atomic E-state index is -0.627. The monoisotopic (exact) mass is 407 g/mol. The molecule has 7 nitrogen and oxygen atoms in total. The van der Waals surface area contributed by atoms with Crippen LogP contribution in [-0.2, 0) is 29.0 Å². The molecule has 0 aliphatic heterocycles. The SMILES string of the molecule is CCOC(=O)c1c(CNCc2nc(C)cs2)[nH]c(C(=O)OC(C)(C)C)c1CC. The van der Waals surface area contributed by atoms with Crippen LogP contribution in [0.2, 0.25) is 0 Å². The smallest absolute Gasteiger partial charge is 0.355 e. The summed E-state index contributed by atoms with van der Waals surface area (Å²) in [6.07, 6.45) is 0.505. The molecule has 0 aliphatic rings. The number of hydrogen-bond acceptors (Lipinski definition) is 7. The van der Waals surface area contributed by atoms with Gasteiger partial charge in [-0.25, -0.2) is 14.6 Å². The molecular formula is C20H29N3O4S. The highest BCUT2D eigenvalue weighted by molar-refractivity contribution is 7.09. The fourth-order valence-electron chi connectivity index (χ4n) is 2.81. The van der Waals surface area contributed by atoms with Crippen molar-refractivity contribution in [1.82, 2.24) is 15.3 Å². The first kappa shape index (κ1) is 22.1. The van der Waals surface area contributed by atoms with E-state index < -0.39 is 17.5 Å². The Labute approximate surface area is 169 Å². The van der Waals surface area contributed by atoms with Gasteiger partial charge in [-0.2, -0.15) is 0 Å². The topological polar surface area (TPSA) is 93.3 Å². The van der Waals surface area contributed by atoms with Crippen molar-refractivity contribution >= 4 is 23.3 Å². The average molecular weight is 408 g/mol. The lowest BCUT2D eigenvalue weighted by Crippen LogP contribution is -2.24. The van der Waals surface area contributed by atoms with E-state index in [9.17, 15) is 9.59 Å². The Morgan fingerprint density at radius 1 is 1.21 bits per heavy atom. The third-order valence-electron chi connectivity index (χ3n) is 3.86. The Hall–Kier alpha value is -2.19. The molecule has 0 aliphatic carbocycles. The molecule has 0 bridgehead atoms. The van der Waals surface area contributed by atoms with E-state index >= 15 is 0 Å². The predicted octanol–water partition coefficient (Wildman–Crippen LogP) is 3.76. The second kappa shape index (κ2) is 9.34. The molecule has 0 amide bonds. The third-order valence-corrected chi connectivity index (χ3v) is 4.83. The third kappa shape index (κ3) is 5.65. The Morgan fingerprint density at radius 3 is 2.46 bits per heavy atom. The number of nitrogens with zero attached hydrogens (tertiary/aromatic N) is 1. The van der Waals surface area contributed by atoms with Crippen LogP contribution in [0.3, 0.4) is 0 Å². The number of carbonyl (C=O) groups is 2. The highest BCUT2D eigenvalue weighted by Crippen LogP contribution is 2.24. The lowest BCUT2D eigenvalue weighted by molar-refractivity contribution is 0.00622. The van der Waals surface area contributed by atoms with Crippen molar-refractivity contribution in [3.63, 3.8) is 0 Å². The number of rotatable bonds is 8. The molecule has 8 heteroatoms. The summed E-state index contributed by atoms with van der Waals surface area (Å²) in [7, 11) is 0. The molecule has 0 saturated heterocycles. The molecule has 0 spiro atoms. The summed E-state index contributed by atoms with van der Waals surface area (Å²) in [5.41, 5.74) is 2.31. The number of aromatic nitrogens is 2. The molecule has 2 rings (SSSR count). The highest BCUT2D eigenvalue weighted by Gasteiger charge is 2.29. The summed E-state index contributed by atoms with van der Waals surface area (Å²) in [4.78, 5) is 32.7. The van der Waals surface area contributed by atoms with Crippen LogP contribution < -0.4 is 5.32 Å². The molecule has 2 heterocycles. The molecule has 154 valence electrons. The zero-order valence-electron chi connectivity index (χ0n) is 17.4. The molecule has 0 atom stereocenters. The van der Waals surface area contributed by atoms with E-state index in [0.717, 1.165) is 10.7 Å². The molecule has 0 radical (unpaired) electrons. The fraction of sp³-hybridized carbons (Fsp3) is 0.550. The molecule has 0 fully saturated rings. The number of aromatic amines is 1. The van der Waals surface area contributed by atoms with Gasteiger partial charge < -0.3 is 19.8 Å². The number of esters is 2. The van der Waals surface area contributed by atoms with E-state index in [4.69, 9.17) is 9.47 Å². The number of hydrogen-bond donors (Lipinski definition) is 2. The number of thiazole rings is 1. The highest BCUT2D eigenvalue weighted by atomic mass is 32.1. The van der Waals surface area contributed by atoms with Crippen LogP contribution in [0.25, 0.3) is 0 Å². The van der Waals surface area contributed by atoms with Gasteiger partial charge in [0.1, 0.15) is 16.3 Å². The van der Waals surface area contributed by atoms with Crippen molar-refractivity contribution < 1.29 is 19.1 Å². The molecular weight excluding hydrogens is 378 g/mol. The van der Waals surface area contributed by atoms with Gasteiger partial charge in [0.25, 0.3) is 0 Å². The lowest BCUT2D eigenvalue weighted by Gasteiger charge is -2.19. The first-order chi connectivity index (χ1) is 13.2. The van der Waals surface area contributed by atoms with Gasteiger partial charge in [0.05, 0.1) is 12.2 Å². The van der Waals surface area contributed by atoms with Crippen molar-refractivity contribution in [2.45, 2.75) is 66.7 Å². The van der Waals surface area contributed by atoms with Crippen molar-refractivity contribution in [2.24, 2.45) is 0 Å². The maximum Gasteiger partial charge on any atom is 0.355 e. The number of carbonyl (C=O) groups excluding carboxylic acids is 2. The first-order valence-corrected chi connectivity index (χ1v) is 10.3. The van der Waals surface area contributed by atoms with Crippen LogP contribution in [0.5, 0.6) is 0 Å². The van der Waals surface area contributed by atoms with E-state index in [1.807, 2.05) is 40.0 Å². The van der Waals surface area contributed by atoms with Gasteiger partial charge >= 0.3 is 11.9 Å². The van der Waals surface area contributed by atoms with E-state index in [-0.39, 0.29) is 6.61 Å². The number of nitrogens with one attached hydrogen (secondary N) is 2. The van der Waals surface area contributed by atoms with Gasteiger partial charge in [-0.15, -0.1) is 11.3 Å². The van der Waals surface area contributed by atoms with Crippen molar-refractivity contribution in [2.75, 3.05) is 6.61 Å². The Bertz CT molecular complexity index is 833. The van der Waals surface area contributed by atoms with Crippen LogP contribution in [0.4, 0.5) is 0 Å². The van der Waals surface area contributed by atoms with Crippen molar-refractivity contribution in [3.8, 4) is 0 Å². The van der Waals surface area contributed by atoms with Crippen LogP contribution in [0.15, 0.2) is 5.38 Å². The molecule has 0 saturated carbocycles. The maximum absolute atomic E-state index is 12.6. The number of ether oxygens (including phenoxy) is 2. The summed E-state index contributed by atoms with van der Waals surface area (Å²) in [5, 5.41) is 6.23. The van der Waals surface area contributed by atoms with Gasteiger partial charge in [0.15, 0.2) is 0 Å². The van der Waals surface area contributed by atoms with Gasteiger partial charge in [-0.1, -0.05) is 6.92 Å². The number of aryl methyl sites for hydroxylation is 1. The van der Waals surface area contributed by atoms with Gasteiger partial charge in [0.2, 0.25) is 0 Å². The van der Waals surface area contributed by atoms with Gasteiger partial charge in [0, 0.05) is 29.9 Å². The largest absolute Gasteiger partial charge is 0.462 e. The fourth-order valence-corrected chi connectivity index (χ4v) is 3.55. The summed E-state index contributed by atoms with van der Waals surface area (Å²) >= 11 is 1.58. The molecule has 2 N–H and O–H groups in total. The Morgan fingerprint density at radius 2 is 1.93 bits per heavy atom. The minimum absolute atomic E-state index is 0.264. The average Bonchev–Trinajstić information content (AvgIpc) is 3.17. The summed E-state index contributed by atoms with van der Waals surface area (Å²) < 4.78 is 10.7. The quantitative estimate of drug-likeness (QED) is 0.647. The summed E-state index contributed by atoms with van der Waals surface area (Å²) in [6, 6.07) is 0. The zero-order valence-corrected chi connectivity index (χ0v) is 18.2. The molecule has 2 aromatic heterocycles. The molecule has 2 aromatic rings. The minimum Gasteiger partial charge on any atom is -0.462 e. The maximum atomic E-state index is 12.6. The molecule has 0 aromatic carbocycles. The second-order valence-corrected chi connectivity index (χ2v) is 8.34. The standard InChI is InChI=1S/C20H29N3O4S/c1-7-13-16(18(24)26-8-2)14(9-21-10-15-22-12(3)11-28-15)23-17(13)19(25)27-20(4,5)6/h11,21,23H,7-10H2,1-6H3. The Balaban J connectivity index is 2.30. The molecule has 0 unspecified atom stereocenters. The van der Waals surface area contributed by atoms with E-state index in [2.05, 4.69) is 15.3 Å². The van der Waals surface area contributed by atoms with Crippen LogP contribution >= 0.6 is 11.3 Å². The zero-order chi connectivity index (χ0) is 20.9. The first-order valence-electron chi connectivity index (χ1n) is 9.42. The number of H-pyrrole nitrogens is 1. The summed E-state index contributed by atoms with van der Waals surface area (Å²) in [5.74, 6) is -0.913. The van der Waals surface area contributed by atoms with Crippen LogP contribution in [0, 0.1) is 6.92 Å². The van der Waals surface area contributed by atoms with Gasteiger partial charge in [-0.05, 0) is 46.6 Å². The van der Waals surface area contributed by atoms with Crippen molar-refractivity contribution in [3.05, 3.63) is 38.6 Å². The lowest BCUT2D eigenvalue weighted by atomic mass is 10.1. The summed E-state index contributed by atoms with van der Waals surface area (Å²) in [6.45, 7) is 12.2. The van der Waals surface area contributed by atoms with Crippen molar-refractivity contribution in [1.29, 1.82) is 0 Å². The van der Waals surface area contributed by atoms with E-state index in [1.54, 1.807) is 18.3 Å².